The number of likely N-dealkylation sites (tertiary alicyclic amines) is 1. The van der Waals surface area contributed by atoms with Crippen LogP contribution >= 0.6 is 0 Å². The number of carbonyl (C=O) groups excluding carboxylic acids is 3. The maximum Gasteiger partial charge on any atom is 0.326 e. The summed E-state index contributed by atoms with van der Waals surface area (Å²) in [7, 11) is 2.75. The van der Waals surface area contributed by atoms with Crippen molar-refractivity contribution in [3.05, 3.63) is 54.4 Å². The molecule has 4 atom stereocenters. The number of hydrogen-bond acceptors (Lipinski definition) is 6. The van der Waals surface area contributed by atoms with E-state index < -0.39 is 29.4 Å². The molecule has 28 heavy (non-hydrogen) atoms. The van der Waals surface area contributed by atoms with Crippen molar-refractivity contribution >= 4 is 17.8 Å². The molecule has 1 aromatic carbocycles. The molecule has 4 rings (SSSR count). The van der Waals surface area contributed by atoms with Crippen LogP contribution in [0.4, 0.5) is 0 Å². The number of esters is 1. The Bertz CT molecular complexity index is 944. The normalized spacial score (nSPS) is 29.1. The van der Waals surface area contributed by atoms with E-state index in [2.05, 4.69) is 10.3 Å². The van der Waals surface area contributed by atoms with Gasteiger partial charge in [0.25, 0.3) is 0 Å². The van der Waals surface area contributed by atoms with Crippen LogP contribution in [0.25, 0.3) is 11.1 Å². The zero-order chi connectivity index (χ0) is 20.1. The monoisotopic (exact) mass is 379 g/mol. The smallest absolute Gasteiger partial charge is 0.326 e. The number of fused-ring (bicyclic) bond motifs is 1. The predicted molar refractivity (Wildman–Crippen MR) is 101 cm³/mol. The minimum atomic E-state index is -1.26. The molecule has 1 aromatic heterocycles. The first-order chi connectivity index (χ1) is 13.4. The second-order valence-electron chi connectivity index (χ2n) is 7.41. The van der Waals surface area contributed by atoms with E-state index in [1.165, 1.54) is 14.2 Å². The number of ether oxygens (including phenoxy) is 1. The van der Waals surface area contributed by atoms with Gasteiger partial charge in [-0.3, -0.25) is 29.6 Å². The van der Waals surface area contributed by atoms with Crippen molar-refractivity contribution in [1.82, 2.24) is 15.2 Å². The summed E-state index contributed by atoms with van der Waals surface area (Å²) in [5.74, 6) is -2.62. The molecule has 7 nitrogen and oxygen atoms in total. The summed E-state index contributed by atoms with van der Waals surface area (Å²) >= 11 is 0. The largest absolute Gasteiger partial charge is 0.468 e. The average Bonchev–Trinajstić information content (AvgIpc) is 3.17. The summed E-state index contributed by atoms with van der Waals surface area (Å²) in [5.41, 5.74) is 1.63. The van der Waals surface area contributed by atoms with Gasteiger partial charge in [0.1, 0.15) is 5.54 Å². The van der Waals surface area contributed by atoms with Gasteiger partial charge in [0, 0.05) is 25.5 Å². The number of benzene rings is 1. The molecule has 2 aromatic rings. The van der Waals surface area contributed by atoms with Gasteiger partial charge in [0.2, 0.25) is 11.8 Å². The zero-order valence-corrected chi connectivity index (χ0v) is 15.9. The van der Waals surface area contributed by atoms with Crippen LogP contribution in [0.3, 0.4) is 0 Å². The molecule has 2 amide bonds. The maximum absolute atomic E-state index is 12.8. The van der Waals surface area contributed by atoms with Gasteiger partial charge in [-0.05, 0) is 35.7 Å². The number of carbonyl (C=O) groups is 3. The van der Waals surface area contributed by atoms with Gasteiger partial charge in [-0.25, -0.2) is 0 Å². The van der Waals surface area contributed by atoms with Gasteiger partial charge in [-0.15, -0.1) is 0 Å². The van der Waals surface area contributed by atoms with E-state index >= 15 is 0 Å². The number of nitrogens with one attached hydrogen (secondary N) is 1. The zero-order valence-electron chi connectivity index (χ0n) is 15.9. The van der Waals surface area contributed by atoms with Gasteiger partial charge >= 0.3 is 5.97 Å². The molecule has 144 valence electrons. The topological polar surface area (TPSA) is 88.6 Å². The molecule has 0 bridgehead atoms. The third-order valence-corrected chi connectivity index (χ3v) is 5.90. The number of rotatable bonds is 3. The maximum atomic E-state index is 12.8. The van der Waals surface area contributed by atoms with E-state index in [0.29, 0.717) is 0 Å². The van der Waals surface area contributed by atoms with Gasteiger partial charge in [0.05, 0.1) is 18.9 Å². The molecule has 1 N–H and O–H groups in total. The Labute approximate surface area is 162 Å². The number of imide groups is 1. The van der Waals surface area contributed by atoms with Crippen molar-refractivity contribution in [2.75, 3.05) is 14.2 Å². The van der Waals surface area contributed by atoms with Crippen LogP contribution in [-0.2, 0) is 19.1 Å². The Morgan fingerprint density at radius 3 is 2.29 bits per heavy atom. The lowest BCUT2D eigenvalue weighted by molar-refractivity contribution is -0.152. The number of pyridine rings is 1. The highest BCUT2D eigenvalue weighted by molar-refractivity contribution is 6.09. The fourth-order valence-corrected chi connectivity index (χ4v) is 4.40. The molecular formula is C21H21N3O4. The molecule has 0 spiro atoms. The lowest BCUT2D eigenvalue weighted by Crippen LogP contribution is -2.53. The molecule has 0 saturated carbocycles. The van der Waals surface area contributed by atoms with Crippen LogP contribution < -0.4 is 5.32 Å². The van der Waals surface area contributed by atoms with Gasteiger partial charge in [-0.1, -0.05) is 24.3 Å². The fourth-order valence-electron chi connectivity index (χ4n) is 4.40. The van der Waals surface area contributed by atoms with Gasteiger partial charge in [0.15, 0.2) is 0 Å². The molecule has 0 radical (unpaired) electrons. The van der Waals surface area contributed by atoms with E-state index in [9.17, 15) is 14.4 Å². The highest BCUT2D eigenvalue weighted by atomic mass is 16.5. The third kappa shape index (κ3) is 2.54. The fraction of sp³-hybridized carbons (Fsp3) is 0.333. The Kier molecular flexibility index (Phi) is 4.27. The lowest BCUT2D eigenvalue weighted by atomic mass is 9.80. The molecule has 0 aliphatic carbocycles. The summed E-state index contributed by atoms with van der Waals surface area (Å²) in [5, 5.41) is 3.22. The Morgan fingerprint density at radius 2 is 1.68 bits per heavy atom. The number of methoxy groups -OCH3 is 1. The molecule has 7 heteroatoms. The Balaban J connectivity index is 1.72. The van der Waals surface area contributed by atoms with Crippen LogP contribution in [-0.4, -0.2) is 47.4 Å². The van der Waals surface area contributed by atoms with Crippen LogP contribution in [0.5, 0.6) is 0 Å². The number of hydrogen-bond donors (Lipinski definition) is 1. The number of aromatic nitrogens is 1. The number of nitrogens with zero attached hydrogens (tertiary/aromatic N) is 2. The van der Waals surface area contributed by atoms with E-state index in [1.54, 1.807) is 19.3 Å². The molecule has 2 fully saturated rings. The number of amides is 2. The van der Waals surface area contributed by atoms with Gasteiger partial charge < -0.3 is 4.74 Å². The Morgan fingerprint density at radius 1 is 1.07 bits per heavy atom. The first kappa shape index (κ1) is 18.3. The van der Waals surface area contributed by atoms with Crippen molar-refractivity contribution in [3.63, 3.8) is 0 Å². The summed E-state index contributed by atoms with van der Waals surface area (Å²) in [6.07, 6.45) is 3.46. The van der Waals surface area contributed by atoms with Crippen LogP contribution in [0.1, 0.15) is 18.5 Å². The average molecular weight is 379 g/mol. The predicted octanol–water partition coefficient (Wildman–Crippen LogP) is 1.56. The van der Waals surface area contributed by atoms with Crippen LogP contribution in [0.2, 0.25) is 0 Å². The molecule has 2 aliphatic rings. The Hall–Kier alpha value is -3.06. The highest BCUT2D eigenvalue weighted by Crippen LogP contribution is 2.48. The third-order valence-electron chi connectivity index (χ3n) is 5.90. The van der Waals surface area contributed by atoms with Crippen molar-refractivity contribution in [3.8, 4) is 11.1 Å². The van der Waals surface area contributed by atoms with Crippen LogP contribution in [0.15, 0.2) is 48.8 Å². The van der Waals surface area contributed by atoms with E-state index in [-0.39, 0.29) is 11.8 Å². The molecular weight excluding hydrogens is 358 g/mol. The molecule has 2 saturated heterocycles. The summed E-state index contributed by atoms with van der Waals surface area (Å²) in [6.45, 7) is 1.63. The molecule has 2 aliphatic heterocycles. The van der Waals surface area contributed by atoms with Crippen LogP contribution in [0, 0.1) is 11.8 Å². The first-order valence-corrected chi connectivity index (χ1v) is 9.06. The minimum Gasteiger partial charge on any atom is -0.468 e. The van der Waals surface area contributed by atoms with Crippen molar-refractivity contribution < 1.29 is 19.1 Å². The highest BCUT2D eigenvalue weighted by Gasteiger charge is 2.66. The summed E-state index contributed by atoms with van der Waals surface area (Å²) in [4.78, 5) is 43.1. The van der Waals surface area contributed by atoms with Gasteiger partial charge in [-0.2, -0.15) is 0 Å². The minimum absolute atomic E-state index is 0.279. The van der Waals surface area contributed by atoms with E-state index in [1.807, 2.05) is 36.4 Å². The van der Waals surface area contributed by atoms with Crippen molar-refractivity contribution in [2.45, 2.75) is 18.5 Å². The van der Waals surface area contributed by atoms with Crippen molar-refractivity contribution in [1.29, 1.82) is 0 Å². The second-order valence-corrected chi connectivity index (χ2v) is 7.41. The van der Waals surface area contributed by atoms with Crippen molar-refractivity contribution in [2.24, 2.45) is 11.8 Å². The van der Waals surface area contributed by atoms with E-state index in [0.717, 1.165) is 21.6 Å². The van der Waals surface area contributed by atoms with E-state index in [4.69, 9.17) is 4.74 Å². The first-order valence-electron chi connectivity index (χ1n) is 9.06. The standard InChI is InChI=1S/C21H21N3O4/c1-21(20(27)28-3)16-15(18(25)24(2)19(16)26)17(23-21)14-6-4-12(5-7-14)13-8-10-22-11-9-13/h4-11,15-17,23H,1-3H3/t15-,16-,17-,21-/m1/s1. The lowest BCUT2D eigenvalue weighted by Gasteiger charge is -2.27. The summed E-state index contributed by atoms with van der Waals surface area (Å²) < 4.78 is 4.94. The second kappa shape index (κ2) is 6.53. The quantitative estimate of drug-likeness (QED) is 0.643. The summed E-state index contributed by atoms with van der Waals surface area (Å²) in [6, 6.07) is 11.1. The molecule has 3 heterocycles. The molecule has 0 unspecified atom stereocenters. The SMILES string of the molecule is COC(=O)[C@]1(C)N[C@H](c2ccc(-c3ccncc3)cc2)[C@@H]2C(=O)N(C)C(=O)[C@@H]21.